The molecule has 0 aliphatic heterocycles. The summed E-state index contributed by atoms with van der Waals surface area (Å²) >= 11 is 1.38. The first-order valence-corrected chi connectivity index (χ1v) is 11.4. The molecule has 0 amide bonds. The van der Waals surface area contributed by atoms with Gasteiger partial charge in [0, 0.05) is 34.3 Å². The zero-order chi connectivity index (χ0) is 22.3. The molecule has 3 aliphatic rings. The average Bonchev–Trinajstić information content (AvgIpc) is 3.45. The predicted molar refractivity (Wildman–Crippen MR) is 114 cm³/mol. The van der Waals surface area contributed by atoms with E-state index in [4.69, 9.17) is 5.73 Å². The van der Waals surface area contributed by atoms with Gasteiger partial charge in [-0.15, -0.1) is 11.3 Å². The standard InChI is InChI=1S/C22H24F3N3O2S/c1-9-16-17(27-20(30)28-19(16)29)10(2)22(18(9)23,11-3-4-11)15-7-12-13(8-26)21(24,25)6-5-14(12)31-15/h7,10-11,13H,3-6,8,26H2,1-2H3,(H2,27,28,29,30). The van der Waals surface area contributed by atoms with E-state index in [1.807, 2.05) is 6.92 Å². The minimum atomic E-state index is -2.89. The molecule has 0 aromatic carbocycles. The summed E-state index contributed by atoms with van der Waals surface area (Å²) in [6.45, 7) is 3.19. The van der Waals surface area contributed by atoms with Gasteiger partial charge in [-0.2, -0.15) is 0 Å². The van der Waals surface area contributed by atoms with Gasteiger partial charge in [0.1, 0.15) is 5.83 Å². The van der Waals surface area contributed by atoms with Gasteiger partial charge in [-0.05, 0) is 49.3 Å². The number of thiophene rings is 1. The number of allylic oxidation sites excluding steroid dienone is 2. The van der Waals surface area contributed by atoms with Gasteiger partial charge in [0.05, 0.1) is 16.9 Å². The molecule has 0 spiro atoms. The van der Waals surface area contributed by atoms with Crippen molar-refractivity contribution in [2.24, 2.45) is 11.7 Å². The Kier molecular flexibility index (Phi) is 4.47. The Morgan fingerprint density at radius 1 is 1.26 bits per heavy atom. The highest BCUT2D eigenvalue weighted by Gasteiger charge is 2.58. The number of rotatable bonds is 3. The maximum Gasteiger partial charge on any atom is 0.325 e. The summed E-state index contributed by atoms with van der Waals surface area (Å²) in [7, 11) is 0. The highest BCUT2D eigenvalue weighted by Crippen LogP contribution is 2.64. The molecule has 2 aromatic rings. The van der Waals surface area contributed by atoms with Crippen molar-refractivity contribution in [3.05, 3.63) is 59.3 Å². The van der Waals surface area contributed by atoms with E-state index in [9.17, 15) is 18.4 Å². The van der Waals surface area contributed by atoms with Crippen molar-refractivity contribution < 1.29 is 13.2 Å². The molecule has 166 valence electrons. The van der Waals surface area contributed by atoms with Crippen LogP contribution < -0.4 is 17.0 Å². The summed E-state index contributed by atoms with van der Waals surface area (Å²) in [6.07, 6.45) is 1.56. The van der Waals surface area contributed by atoms with Crippen molar-refractivity contribution in [1.29, 1.82) is 0 Å². The number of halogens is 3. The van der Waals surface area contributed by atoms with Crippen LogP contribution in [-0.4, -0.2) is 22.4 Å². The smallest absolute Gasteiger partial charge is 0.325 e. The second kappa shape index (κ2) is 6.68. The van der Waals surface area contributed by atoms with Crippen LogP contribution in [0.25, 0.3) is 5.57 Å². The van der Waals surface area contributed by atoms with Crippen LogP contribution in [0, 0.1) is 5.92 Å². The van der Waals surface area contributed by atoms with E-state index in [-0.39, 0.29) is 36.4 Å². The van der Waals surface area contributed by atoms with Crippen molar-refractivity contribution in [2.45, 2.75) is 62.7 Å². The summed E-state index contributed by atoms with van der Waals surface area (Å²) in [5, 5.41) is 0. The van der Waals surface area contributed by atoms with Gasteiger partial charge in [-0.3, -0.25) is 9.78 Å². The van der Waals surface area contributed by atoms with Gasteiger partial charge in [-0.25, -0.2) is 18.0 Å². The maximum atomic E-state index is 16.2. The number of hydrogen-bond acceptors (Lipinski definition) is 4. The molecule has 3 aliphatic carbocycles. The van der Waals surface area contributed by atoms with Gasteiger partial charge < -0.3 is 10.7 Å². The largest absolute Gasteiger partial charge is 0.330 e. The molecule has 3 atom stereocenters. The molecule has 1 saturated carbocycles. The van der Waals surface area contributed by atoms with E-state index >= 15 is 4.39 Å². The number of fused-ring (bicyclic) bond motifs is 2. The summed E-state index contributed by atoms with van der Waals surface area (Å²) in [4.78, 5) is 30.9. The van der Waals surface area contributed by atoms with Crippen molar-refractivity contribution in [3.63, 3.8) is 0 Å². The first-order chi connectivity index (χ1) is 14.6. The van der Waals surface area contributed by atoms with Gasteiger partial charge in [0.2, 0.25) is 0 Å². The quantitative estimate of drug-likeness (QED) is 0.661. The predicted octanol–water partition coefficient (Wildman–Crippen LogP) is 3.91. The van der Waals surface area contributed by atoms with Crippen LogP contribution in [0.5, 0.6) is 0 Å². The molecule has 0 saturated heterocycles. The zero-order valence-corrected chi connectivity index (χ0v) is 18.1. The number of nitrogens with one attached hydrogen (secondary N) is 2. The van der Waals surface area contributed by atoms with Gasteiger partial charge in [0.15, 0.2) is 0 Å². The minimum absolute atomic E-state index is 0.0228. The Balaban J connectivity index is 1.77. The van der Waals surface area contributed by atoms with E-state index in [0.29, 0.717) is 16.1 Å². The minimum Gasteiger partial charge on any atom is -0.330 e. The topological polar surface area (TPSA) is 91.7 Å². The third-order valence-corrected chi connectivity index (χ3v) is 8.79. The van der Waals surface area contributed by atoms with E-state index in [0.717, 1.165) is 17.7 Å². The maximum absolute atomic E-state index is 16.2. The Bertz CT molecular complexity index is 1220. The third kappa shape index (κ3) is 2.72. The van der Waals surface area contributed by atoms with E-state index in [1.165, 1.54) is 11.3 Å². The van der Waals surface area contributed by atoms with Crippen LogP contribution in [0.3, 0.4) is 0 Å². The van der Waals surface area contributed by atoms with Gasteiger partial charge in [0.25, 0.3) is 11.5 Å². The summed E-state index contributed by atoms with van der Waals surface area (Å²) in [6, 6.07) is 1.72. The average molecular weight is 452 g/mol. The molecular weight excluding hydrogens is 427 g/mol. The lowest BCUT2D eigenvalue weighted by Gasteiger charge is -2.42. The molecule has 1 fully saturated rings. The third-order valence-electron chi connectivity index (χ3n) is 7.43. The Morgan fingerprint density at radius 2 is 1.97 bits per heavy atom. The number of aryl methyl sites for hydroxylation is 1. The lowest BCUT2D eigenvalue weighted by molar-refractivity contribution is -0.0381. The molecule has 3 unspecified atom stereocenters. The van der Waals surface area contributed by atoms with Gasteiger partial charge in [-0.1, -0.05) is 6.92 Å². The Morgan fingerprint density at radius 3 is 2.61 bits per heavy atom. The number of H-pyrrole nitrogens is 2. The van der Waals surface area contributed by atoms with Crippen LogP contribution in [-0.2, 0) is 11.8 Å². The fourth-order valence-corrected chi connectivity index (χ4v) is 7.33. The zero-order valence-electron chi connectivity index (χ0n) is 17.3. The fourth-order valence-electron chi connectivity index (χ4n) is 5.75. The number of hydrogen-bond donors (Lipinski definition) is 3. The second-order valence-corrected chi connectivity index (χ2v) is 10.2. The first kappa shape index (κ1) is 20.8. The lowest BCUT2D eigenvalue weighted by atomic mass is 9.63. The second-order valence-electron chi connectivity index (χ2n) is 9.04. The molecule has 5 rings (SSSR count). The molecule has 0 radical (unpaired) electrons. The fraction of sp³-hybridized carbons (Fsp3) is 0.545. The normalized spacial score (nSPS) is 29.6. The highest BCUT2D eigenvalue weighted by molar-refractivity contribution is 7.12. The van der Waals surface area contributed by atoms with Crippen LogP contribution >= 0.6 is 11.3 Å². The SMILES string of the molecule is CC1=C(F)C(c2cc3c(s2)CCC(F)(F)C3CN)(C2CC2)C(C)c2[nH]c(=O)[nH]c(=O)c21. The molecule has 5 nitrogen and oxygen atoms in total. The summed E-state index contributed by atoms with van der Waals surface area (Å²) < 4.78 is 45.3. The number of aromatic amines is 2. The highest BCUT2D eigenvalue weighted by atomic mass is 32.1. The van der Waals surface area contributed by atoms with E-state index in [2.05, 4.69) is 9.97 Å². The summed E-state index contributed by atoms with van der Waals surface area (Å²) in [5.41, 5.74) is 4.68. The first-order valence-electron chi connectivity index (χ1n) is 10.6. The summed E-state index contributed by atoms with van der Waals surface area (Å²) in [5.74, 6) is -4.92. The van der Waals surface area contributed by atoms with Gasteiger partial charge >= 0.3 is 5.69 Å². The number of nitrogens with two attached hydrogens (primary N) is 1. The van der Waals surface area contributed by atoms with Crippen LogP contribution in [0.1, 0.15) is 71.5 Å². The molecule has 4 N–H and O–H groups in total. The van der Waals surface area contributed by atoms with Crippen LogP contribution in [0.15, 0.2) is 21.5 Å². The molecule has 0 bridgehead atoms. The molecule has 2 aromatic heterocycles. The molecular formula is C22H24F3N3O2S. The monoisotopic (exact) mass is 451 g/mol. The lowest BCUT2D eigenvalue weighted by Crippen LogP contribution is -2.42. The van der Waals surface area contributed by atoms with E-state index < -0.39 is 40.2 Å². The van der Waals surface area contributed by atoms with Crippen LogP contribution in [0.4, 0.5) is 13.2 Å². The van der Waals surface area contributed by atoms with Crippen molar-refractivity contribution >= 4 is 16.9 Å². The van der Waals surface area contributed by atoms with Crippen molar-refractivity contribution in [1.82, 2.24) is 9.97 Å². The molecule has 9 heteroatoms. The van der Waals surface area contributed by atoms with Crippen molar-refractivity contribution in [3.8, 4) is 0 Å². The molecule has 31 heavy (non-hydrogen) atoms. The van der Waals surface area contributed by atoms with Crippen molar-refractivity contribution in [2.75, 3.05) is 6.54 Å². The number of alkyl halides is 2. The van der Waals surface area contributed by atoms with E-state index in [1.54, 1.807) is 13.0 Å². The molecule has 2 heterocycles. The van der Waals surface area contributed by atoms with Crippen LogP contribution in [0.2, 0.25) is 0 Å². The Labute approximate surface area is 180 Å². The Hall–Kier alpha value is -2.13. The number of aromatic nitrogens is 2.